The Kier molecular flexibility index (Phi) is 7.69. The van der Waals surface area contributed by atoms with Crippen LogP contribution in [-0.4, -0.2) is 16.3 Å². The number of hydrogen-bond donors (Lipinski definition) is 1. The molecule has 0 saturated carbocycles. The largest absolute Gasteiger partial charge is 0.309 e. The minimum absolute atomic E-state index is 0.401. The van der Waals surface area contributed by atoms with E-state index >= 15 is 0 Å². The van der Waals surface area contributed by atoms with Crippen molar-refractivity contribution in [1.29, 1.82) is 0 Å². The van der Waals surface area contributed by atoms with Crippen LogP contribution in [-0.2, 0) is 0 Å². The zero-order valence-electron chi connectivity index (χ0n) is 12.7. The van der Waals surface area contributed by atoms with Gasteiger partial charge in [0, 0.05) is 6.04 Å². The summed E-state index contributed by atoms with van der Waals surface area (Å²) < 4.78 is 3.27. The summed E-state index contributed by atoms with van der Waals surface area (Å²) in [7, 11) is 0. The van der Waals surface area contributed by atoms with Crippen LogP contribution in [0.25, 0.3) is 0 Å². The van der Waals surface area contributed by atoms with E-state index in [1.807, 2.05) is 6.20 Å². The number of nitrogens with zero attached hydrogens (tertiary/aromatic N) is 2. The second kappa shape index (κ2) is 8.75. The maximum atomic E-state index is 4.50. The van der Waals surface area contributed by atoms with Gasteiger partial charge in [-0.3, -0.25) is 4.68 Å². The van der Waals surface area contributed by atoms with Gasteiger partial charge in [-0.25, -0.2) is 0 Å². The van der Waals surface area contributed by atoms with Gasteiger partial charge in [0.05, 0.1) is 22.4 Å². The molecule has 0 bridgehead atoms. The molecule has 110 valence electrons. The van der Waals surface area contributed by atoms with E-state index in [0.717, 1.165) is 17.4 Å². The lowest BCUT2D eigenvalue weighted by Crippen LogP contribution is -2.26. The Morgan fingerprint density at radius 3 is 2.58 bits per heavy atom. The van der Waals surface area contributed by atoms with E-state index in [4.69, 9.17) is 0 Å². The van der Waals surface area contributed by atoms with E-state index in [1.54, 1.807) is 0 Å². The van der Waals surface area contributed by atoms with Gasteiger partial charge in [0.1, 0.15) is 0 Å². The van der Waals surface area contributed by atoms with Gasteiger partial charge in [-0.05, 0) is 49.2 Å². The number of rotatable bonds is 9. The molecule has 1 heterocycles. The Hall–Kier alpha value is -0.350. The Labute approximate surface area is 126 Å². The highest BCUT2D eigenvalue weighted by atomic mass is 79.9. The molecule has 0 aliphatic heterocycles. The highest BCUT2D eigenvalue weighted by Gasteiger charge is 2.20. The zero-order valence-corrected chi connectivity index (χ0v) is 14.3. The van der Waals surface area contributed by atoms with E-state index < -0.39 is 0 Å². The fraction of sp³-hybridized carbons (Fsp3) is 0.800. The topological polar surface area (TPSA) is 29.9 Å². The SMILES string of the molecule is CCCCCC(NCCC)c1c(Br)cnn1C(C)C. The second-order valence-corrected chi connectivity index (χ2v) is 6.27. The van der Waals surface area contributed by atoms with Crippen molar-refractivity contribution in [2.75, 3.05) is 6.54 Å². The molecule has 1 atom stereocenters. The van der Waals surface area contributed by atoms with E-state index in [-0.39, 0.29) is 0 Å². The molecule has 0 aromatic carbocycles. The molecule has 1 rings (SSSR count). The molecule has 0 aliphatic carbocycles. The Morgan fingerprint density at radius 2 is 2.00 bits per heavy atom. The maximum absolute atomic E-state index is 4.50. The highest BCUT2D eigenvalue weighted by Crippen LogP contribution is 2.29. The fourth-order valence-corrected chi connectivity index (χ4v) is 2.89. The van der Waals surface area contributed by atoms with Gasteiger partial charge in [-0.2, -0.15) is 5.10 Å². The monoisotopic (exact) mass is 329 g/mol. The van der Waals surface area contributed by atoms with Crippen LogP contribution in [0.2, 0.25) is 0 Å². The molecule has 0 saturated heterocycles. The van der Waals surface area contributed by atoms with E-state index in [0.29, 0.717) is 12.1 Å². The second-order valence-electron chi connectivity index (χ2n) is 5.42. The summed E-state index contributed by atoms with van der Waals surface area (Å²) in [6.07, 6.45) is 8.12. The van der Waals surface area contributed by atoms with Crippen LogP contribution >= 0.6 is 15.9 Å². The van der Waals surface area contributed by atoms with Crippen molar-refractivity contribution in [3.63, 3.8) is 0 Å². The Morgan fingerprint density at radius 1 is 1.26 bits per heavy atom. The molecule has 0 aliphatic rings. The van der Waals surface area contributed by atoms with Crippen molar-refractivity contribution in [2.24, 2.45) is 0 Å². The van der Waals surface area contributed by atoms with Gasteiger partial charge in [0.15, 0.2) is 0 Å². The summed E-state index contributed by atoms with van der Waals surface area (Å²) in [6, 6.07) is 0.809. The highest BCUT2D eigenvalue weighted by molar-refractivity contribution is 9.10. The molecule has 0 amide bonds. The van der Waals surface area contributed by atoms with Gasteiger partial charge in [0.2, 0.25) is 0 Å². The first-order valence-electron chi connectivity index (χ1n) is 7.58. The summed E-state index contributed by atoms with van der Waals surface area (Å²) >= 11 is 3.66. The molecule has 0 fully saturated rings. The van der Waals surface area contributed by atoms with Crippen LogP contribution in [0.5, 0.6) is 0 Å². The van der Waals surface area contributed by atoms with Gasteiger partial charge < -0.3 is 5.32 Å². The van der Waals surface area contributed by atoms with Crippen LogP contribution in [0, 0.1) is 0 Å². The normalized spacial score (nSPS) is 13.2. The quantitative estimate of drug-likeness (QED) is 0.656. The molecular weight excluding hydrogens is 302 g/mol. The minimum Gasteiger partial charge on any atom is -0.309 e. The van der Waals surface area contributed by atoms with Gasteiger partial charge >= 0.3 is 0 Å². The van der Waals surface area contributed by atoms with Crippen LogP contribution in [0.15, 0.2) is 10.7 Å². The third-order valence-electron chi connectivity index (χ3n) is 3.34. The molecule has 1 aromatic heterocycles. The Balaban J connectivity index is 2.85. The van der Waals surface area contributed by atoms with Crippen molar-refractivity contribution in [2.45, 2.75) is 71.9 Å². The lowest BCUT2D eigenvalue weighted by Gasteiger charge is -2.22. The number of nitrogens with one attached hydrogen (secondary N) is 1. The van der Waals surface area contributed by atoms with Crippen LogP contribution in [0.1, 0.15) is 77.6 Å². The molecule has 1 N–H and O–H groups in total. The van der Waals surface area contributed by atoms with Crippen LogP contribution in [0.3, 0.4) is 0 Å². The van der Waals surface area contributed by atoms with Crippen molar-refractivity contribution in [3.8, 4) is 0 Å². The molecule has 0 radical (unpaired) electrons. The molecule has 1 aromatic rings. The maximum Gasteiger partial charge on any atom is 0.0698 e. The molecule has 1 unspecified atom stereocenters. The first-order valence-corrected chi connectivity index (χ1v) is 8.37. The predicted octanol–water partition coefficient (Wildman–Crippen LogP) is 4.85. The van der Waals surface area contributed by atoms with Crippen molar-refractivity contribution >= 4 is 15.9 Å². The lowest BCUT2D eigenvalue weighted by atomic mass is 10.0. The molecule has 3 nitrogen and oxygen atoms in total. The van der Waals surface area contributed by atoms with Gasteiger partial charge in [-0.1, -0.05) is 33.1 Å². The lowest BCUT2D eigenvalue weighted by molar-refractivity contribution is 0.415. The third kappa shape index (κ3) is 4.92. The first-order chi connectivity index (χ1) is 9.11. The molecule has 4 heteroatoms. The number of hydrogen-bond acceptors (Lipinski definition) is 2. The minimum atomic E-state index is 0.401. The predicted molar refractivity (Wildman–Crippen MR) is 85.5 cm³/mol. The summed E-state index contributed by atoms with van der Waals surface area (Å²) in [5, 5.41) is 8.18. The number of aromatic nitrogens is 2. The summed E-state index contributed by atoms with van der Waals surface area (Å²) in [6.45, 7) is 9.90. The Bertz CT molecular complexity index is 360. The first kappa shape index (κ1) is 16.7. The standard InChI is InChI=1S/C15H28BrN3/c1-5-7-8-9-14(17-10-6-2)15-13(16)11-18-19(15)12(3)4/h11-12,14,17H,5-10H2,1-4H3. The summed E-state index contributed by atoms with van der Waals surface area (Å²) in [5.41, 5.74) is 1.31. The number of unbranched alkanes of at least 4 members (excludes halogenated alkanes) is 2. The van der Waals surface area contributed by atoms with Gasteiger partial charge in [0.25, 0.3) is 0 Å². The van der Waals surface area contributed by atoms with E-state index in [9.17, 15) is 0 Å². The number of halogens is 1. The molecular formula is C15H28BrN3. The van der Waals surface area contributed by atoms with E-state index in [1.165, 1.54) is 31.4 Å². The molecule has 19 heavy (non-hydrogen) atoms. The van der Waals surface area contributed by atoms with Crippen LogP contribution in [0.4, 0.5) is 0 Å². The molecule has 0 spiro atoms. The zero-order chi connectivity index (χ0) is 14.3. The van der Waals surface area contributed by atoms with Crippen LogP contribution < -0.4 is 5.32 Å². The van der Waals surface area contributed by atoms with Gasteiger partial charge in [-0.15, -0.1) is 0 Å². The average molecular weight is 330 g/mol. The summed E-state index contributed by atoms with van der Waals surface area (Å²) in [5.74, 6) is 0. The fourth-order valence-electron chi connectivity index (χ4n) is 2.34. The summed E-state index contributed by atoms with van der Waals surface area (Å²) in [4.78, 5) is 0. The van der Waals surface area contributed by atoms with E-state index in [2.05, 4.69) is 58.7 Å². The van der Waals surface area contributed by atoms with Crippen molar-refractivity contribution in [3.05, 3.63) is 16.4 Å². The average Bonchev–Trinajstić information content (AvgIpc) is 2.76. The van der Waals surface area contributed by atoms with Crippen molar-refractivity contribution in [1.82, 2.24) is 15.1 Å². The third-order valence-corrected chi connectivity index (χ3v) is 3.95. The van der Waals surface area contributed by atoms with Crippen molar-refractivity contribution < 1.29 is 0 Å². The smallest absolute Gasteiger partial charge is 0.0698 e.